The predicted octanol–water partition coefficient (Wildman–Crippen LogP) is 8.27. The minimum atomic E-state index is -0.0275. The van der Waals surface area contributed by atoms with Gasteiger partial charge in [-0.25, -0.2) is 0 Å². The fourth-order valence-corrected chi connectivity index (χ4v) is 9.81. The molecule has 0 radical (unpaired) electrons. The SMILES string of the molecule is CCC(C=CC(C)C1CCC2(C)C3CCC4CC(O)CCC4(C)C3CCC12C)C(C)C. The van der Waals surface area contributed by atoms with Gasteiger partial charge in [0.1, 0.15) is 0 Å². The van der Waals surface area contributed by atoms with Crippen molar-refractivity contribution >= 4 is 0 Å². The summed E-state index contributed by atoms with van der Waals surface area (Å²) in [5.74, 6) is 5.60. The number of hydrogen-bond acceptors (Lipinski definition) is 1. The molecule has 0 aliphatic heterocycles. The van der Waals surface area contributed by atoms with Crippen LogP contribution in [-0.2, 0) is 0 Å². The van der Waals surface area contributed by atoms with Crippen LogP contribution in [0.3, 0.4) is 0 Å². The Morgan fingerprint density at radius 2 is 1.55 bits per heavy atom. The standard InChI is InChI=1S/C30H52O/c1-8-22(20(2)3)10-9-21(4)25-14-17-30(7)27-12-11-23-19-24(31)13-16-28(23,5)26(27)15-18-29(25,30)6/h9-10,20-27,31H,8,11-19H2,1-7H3. The van der Waals surface area contributed by atoms with E-state index in [4.69, 9.17) is 0 Å². The van der Waals surface area contributed by atoms with Gasteiger partial charge in [0.15, 0.2) is 0 Å². The van der Waals surface area contributed by atoms with Crippen LogP contribution >= 0.6 is 0 Å². The van der Waals surface area contributed by atoms with Crippen molar-refractivity contribution < 1.29 is 5.11 Å². The van der Waals surface area contributed by atoms with Crippen LogP contribution in [-0.4, -0.2) is 11.2 Å². The molecule has 0 spiro atoms. The number of fused-ring (bicyclic) bond motifs is 5. The Morgan fingerprint density at radius 3 is 2.23 bits per heavy atom. The molecule has 4 fully saturated rings. The first-order valence-electron chi connectivity index (χ1n) is 13.9. The average molecular weight is 429 g/mol. The third-order valence-corrected chi connectivity index (χ3v) is 12.2. The maximum Gasteiger partial charge on any atom is 0.0543 e. The summed E-state index contributed by atoms with van der Waals surface area (Å²) in [5.41, 5.74) is 1.49. The topological polar surface area (TPSA) is 20.2 Å². The van der Waals surface area contributed by atoms with E-state index in [-0.39, 0.29) is 6.10 Å². The van der Waals surface area contributed by atoms with Crippen LogP contribution in [0.2, 0.25) is 0 Å². The first-order valence-corrected chi connectivity index (χ1v) is 13.9. The van der Waals surface area contributed by atoms with Crippen molar-refractivity contribution in [3.05, 3.63) is 12.2 Å². The Hall–Kier alpha value is -0.300. The molecule has 0 aromatic heterocycles. The van der Waals surface area contributed by atoms with Crippen LogP contribution in [0.1, 0.15) is 113 Å². The Labute approximate surface area is 193 Å². The second kappa shape index (κ2) is 8.48. The van der Waals surface area contributed by atoms with Gasteiger partial charge >= 0.3 is 0 Å². The number of allylic oxidation sites excluding steroid dienone is 2. The minimum absolute atomic E-state index is 0.0275. The summed E-state index contributed by atoms with van der Waals surface area (Å²) in [6.45, 7) is 17.7. The van der Waals surface area contributed by atoms with Gasteiger partial charge in [0, 0.05) is 0 Å². The Kier molecular flexibility index (Phi) is 6.53. The van der Waals surface area contributed by atoms with Gasteiger partial charge in [-0.15, -0.1) is 0 Å². The molecule has 10 unspecified atom stereocenters. The van der Waals surface area contributed by atoms with Crippen molar-refractivity contribution in [1.82, 2.24) is 0 Å². The van der Waals surface area contributed by atoms with Crippen LogP contribution in [0.25, 0.3) is 0 Å². The summed E-state index contributed by atoms with van der Waals surface area (Å²) >= 11 is 0. The van der Waals surface area contributed by atoms with Crippen molar-refractivity contribution in [3.8, 4) is 0 Å². The van der Waals surface area contributed by atoms with E-state index < -0.39 is 0 Å². The first kappa shape index (κ1) is 23.8. The highest BCUT2D eigenvalue weighted by molar-refractivity contribution is 5.16. The Morgan fingerprint density at radius 1 is 0.839 bits per heavy atom. The third kappa shape index (κ3) is 3.68. The zero-order valence-electron chi connectivity index (χ0n) is 21.8. The van der Waals surface area contributed by atoms with E-state index in [2.05, 4.69) is 60.6 Å². The summed E-state index contributed by atoms with van der Waals surface area (Å²) < 4.78 is 0. The fourth-order valence-electron chi connectivity index (χ4n) is 9.81. The normalized spacial score (nSPS) is 49.5. The molecule has 0 aromatic carbocycles. The molecular formula is C30H52O. The van der Waals surface area contributed by atoms with Gasteiger partial charge < -0.3 is 5.11 Å². The zero-order valence-corrected chi connectivity index (χ0v) is 21.8. The van der Waals surface area contributed by atoms with Crippen molar-refractivity contribution in [3.63, 3.8) is 0 Å². The van der Waals surface area contributed by atoms with Crippen LogP contribution in [0.5, 0.6) is 0 Å². The summed E-state index contributed by atoms with van der Waals surface area (Å²) in [6, 6.07) is 0. The maximum atomic E-state index is 10.3. The molecule has 1 heteroatoms. The Balaban J connectivity index is 1.55. The van der Waals surface area contributed by atoms with E-state index in [0.29, 0.717) is 22.2 Å². The van der Waals surface area contributed by atoms with Crippen molar-refractivity contribution in [1.29, 1.82) is 0 Å². The van der Waals surface area contributed by atoms with E-state index in [9.17, 15) is 5.11 Å². The minimum Gasteiger partial charge on any atom is -0.393 e. The molecule has 178 valence electrons. The molecule has 1 N–H and O–H groups in total. The molecule has 4 saturated carbocycles. The first-order chi connectivity index (χ1) is 14.6. The van der Waals surface area contributed by atoms with Crippen LogP contribution in [0.4, 0.5) is 0 Å². The predicted molar refractivity (Wildman–Crippen MR) is 133 cm³/mol. The number of hydrogen-bond donors (Lipinski definition) is 1. The highest BCUT2D eigenvalue weighted by Gasteiger charge is 2.65. The molecule has 10 atom stereocenters. The molecule has 0 saturated heterocycles. The van der Waals surface area contributed by atoms with Gasteiger partial charge in [-0.1, -0.05) is 60.6 Å². The van der Waals surface area contributed by atoms with E-state index in [1.807, 2.05) is 0 Å². The highest BCUT2D eigenvalue weighted by Crippen LogP contribution is 2.73. The zero-order chi connectivity index (χ0) is 22.6. The van der Waals surface area contributed by atoms with Gasteiger partial charge in [-0.3, -0.25) is 0 Å². The highest BCUT2D eigenvalue weighted by atomic mass is 16.3. The fraction of sp³-hybridized carbons (Fsp3) is 0.933. The molecule has 31 heavy (non-hydrogen) atoms. The quantitative estimate of drug-likeness (QED) is 0.437. The summed E-state index contributed by atoms with van der Waals surface area (Å²) in [4.78, 5) is 0. The number of aliphatic hydroxyl groups excluding tert-OH is 1. The van der Waals surface area contributed by atoms with Crippen LogP contribution in [0, 0.1) is 57.7 Å². The lowest BCUT2D eigenvalue weighted by Crippen LogP contribution is -2.58. The van der Waals surface area contributed by atoms with Gasteiger partial charge in [-0.2, -0.15) is 0 Å². The molecule has 0 bridgehead atoms. The van der Waals surface area contributed by atoms with Crippen LogP contribution < -0.4 is 0 Å². The maximum absolute atomic E-state index is 10.3. The third-order valence-electron chi connectivity index (χ3n) is 12.2. The lowest BCUT2D eigenvalue weighted by atomic mass is 9.40. The van der Waals surface area contributed by atoms with Crippen molar-refractivity contribution in [2.45, 2.75) is 119 Å². The largest absolute Gasteiger partial charge is 0.393 e. The van der Waals surface area contributed by atoms with E-state index in [0.717, 1.165) is 48.3 Å². The van der Waals surface area contributed by atoms with Crippen molar-refractivity contribution in [2.75, 3.05) is 0 Å². The number of aliphatic hydroxyl groups is 1. The molecule has 1 nitrogen and oxygen atoms in total. The molecule has 0 heterocycles. The average Bonchev–Trinajstić information content (AvgIpc) is 3.00. The summed E-state index contributed by atoms with van der Waals surface area (Å²) in [5, 5.41) is 10.3. The molecule has 4 aliphatic rings. The number of rotatable bonds is 5. The van der Waals surface area contributed by atoms with Gasteiger partial charge in [0.25, 0.3) is 0 Å². The van der Waals surface area contributed by atoms with E-state index >= 15 is 0 Å². The monoisotopic (exact) mass is 428 g/mol. The molecular weight excluding hydrogens is 376 g/mol. The molecule has 4 rings (SSSR count). The second-order valence-corrected chi connectivity index (χ2v) is 13.5. The summed E-state index contributed by atoms with van der Waals surface area (Å²) in [6.07, 6.45) is 18.3. The molecule has 4 aliphatic carbocycles. The molecule has 0 amide bonds. The van der Waals surface area contributed by atoms with Gasteiger partial charge in [0.2, 0.25) is 0 Å². The Bertz CT molecular complexity index is 665. The molecule has 0 aromatic rings. The van der Waals surface area contributed by atoms with Crippen LogP contribution in [0.15, 0.2) is 12.2 Å². The lowest BCUT2D eigenvalue weighted by molar-refractivity contribution is -0.164. The van der Waals surface area contributed by atoms with E-state index in [1.54, 1.807) is 0 Å². The van der Waals surface area contributed by atoms with Crippen molar-refractivity contribution in [2.24, 2.45) is 57.7 Å². The van der Waals surface area contributed by atoms with Gasteiger partial charge in [-0.05, 0) is 122 Å². The van der Waals surface area contributed by atoms with Gasteiger partial charge in [0.05, 0.1) is 6.10 Å². The second-order valence-electron chi connectivity index (χ2n) is 13.5. The van der Waals surface area contributed by atoms with E-state index in [1.165, 1.54) is 51.4 Å². The smallest absolute Gasteiger partial charge is 0.0543 e. The summed E-state index contributed by atoms with van der Waals surface area (Å²) in [7, 11) is 0. The lowest BCUT2D eigenvalue weighted by Gasteiger charge is -2.65.